The summed E-state index contributed by atoms with van der Waals surface area (Å²) in [6, 6.07) is 13.8. The number of nitrogens with zero attached hydrogens (tertiary/aromatic N) is 1. The molecular weight excluding hydrogens is 320 g/mol. The van der Waals surface area contributed by atoms with Crippen molar-refractivity contribution in [3.63, 3.8) is 0 Å². The second kappa shape index (κ2) is 9.18. The maximum Gasteiger partial charge on any atom is 0.262 e. The molecule has 0 aromatic heterocycles. The van der Waals surface area contributed by atoms with Gasteiger partial charge in [0.25, 0.3) is 5.91 Å². The predicted molar refractivity (Wildman–Crippen MR) is 94.1 cm³/mol. The van der Waals surface area contributed by atoms with E-state index in [1.54, 1.807) is 42.5 Å². The summed E-state index contributed by atoms with van der Waals surface area (Å²) in [5.74, 6) is 1.41. The molecule has 0 heterocycles. The van der Waals surface area contributed by atoms with E-state index < -0.39 is 0 Å². The Bertz CT molecular complexity index is 751. The van der Waals surface area contributed by atoms with E-state index in [-0.39, 0.29) is 12.5 Å². The molecule has 2 aromatic carbocycles. The lowest BCUT2D eigenvalue weighted by molar-refractivity contribution is -0.118. The van der Waals surface area contributed by atoms with Crippen molar-refractivity contribution in [1.29, 1.82) is 5.26 Å². The molecule has 0 fully saturated rings. The SMILES string of the molecule is CCOc1ccc(OCC)c(NC(=O)COc2ccc(C#N)cc2)c1. The second-order valence-corrected chi connectivity index (χ2v) is 5.00. The van der Waals surface area contributed by atoms with Crippen LogP contribution in [0, 0.1) is 11.3 Å². The van der Waals surface area contributed by atoms with Gasteiger partial charge in [-0.3, -0.25) is 4.79 Å². The molecule has 0 aliphatic heterocycles. The molecule has 0 atom stereocenters. The van der Waals surface area contributed by atoms with E-state index in [0.29, 0.717) is 41.7 Å². The number of rotatable bonds is 8. The highest BCUT2D eigenvalue weighted by atomic mass is 16.5. The number of nitriles is 1. The van der Waals surface area contributed by atoms with Crippen molar-refractivity contribution in [2.24, 2.45) is 0 Å². The molecule has 0 saturated carbocycles. The van der Waals surface area contributed by atoms with Gasteiger partial charge in [0.15, 0.2) is 6.61 Å². The zero-order chi connectivity index (χ0) is 18.1. The van der Waals surface area contributed by atoms with Crippen molar-refractivity contribution < 1.29 is 19.0 Å². The van der Waals surface area contributed by atoms with Crippen LogP contribution in [0.1, 0.15) is 19.4 Å². The number of benzene rings is 2. The van der Waals surface area contributed by atoms with E-state index in [0.717, 1.165) is 0 Å². The summed E-state index contributed by atoms with van der Waals surface area (Å²) in [5.41, 5.74) is 1.06. The number of hydrogen-bond donors (Lipinski definition) is 1. The van der Waals surface area contributed by atoms with Gasteiger partial charge in [-0.05, 0) is 50.2 Å². The molecule has 2 rings (SSSR count). The van der Waals surface area contributed by atoms with Gasteiger partial charge in [0.2, 0.25) is 0 Å². The zero-order valence-electron chi connectivity index (χ0n) is 14.2. The zero-order valence-corrected chi connectivity index (χ0v) is 14.2. The van der Waals surface area contributed by atoms with Crippen molar-refractivity contribution in [1.82, 2.24) is 0 Å². The molecular formula is C19H20N2O4. The van der Waals surface area contributed by atoms with Crippen LogP contribution in [0.5, 0.6) is 17.2 Å². The first-order chi connectivity index (χ1) is 12.2. The molecule has 6 heteroatoms. The lowest BCUT2D eigenvalue weighted by atomic mass is 10.2. The molecule has 2 aromatic rings. The highest BCUT2D eigenvalue weighted by Gasteiger charge is 2.10. The number of ether oxygens (including phenoxy) is 3. The summed E-state index contributed by atoms with van der Waals surface area (Å²) in [6.07, 6.45) is 0. The third-order valence-electron chi connectivity index (χ3n) is 3.19. The van der Waals surface area contributed by atoms with Gasteiger partial charge in [-0.15, -0.1) is 0 Å². The quantitative estimate of drug-likeness (QED) is 0.797. The molecule has 0 aliphatic carbocycles. The minimum absolute atomic E-state index is 0.156. The smallest absolute Gasteiger partial charge is 0.262 e. The molecule has 1 N–H and O–H groups in total. The van der Waals surface area contributed by atoms with E-state index >= 15 is 0 Å². The first kappa shape index (κ1) is 18.1. The number of carbonyl (C=O) groups is 1. The van der Waals surface area contributed by atoms with E-state index in [1.165, 1.54) is 0 Å². The maximum atomic E-state index is 12.1. The maximum absolute atomic E-state index is 12.1. The van der Waals surface area contributed by atoms with Crippen LogP contribution in [-0.4, -0.2) is 25.7 Å². The first-order valence-electron chi connectivity index (χ1n) is 7.98. The highest BCUT2D eigenvalue weighted by Crippen LogP contribution is 2.29. The van der Waals surface area contributed by atoms with Gasteiger partial charge in [-0.25, -0.2) is 0 Å². The Morgan fingerprint density at radius 3 is 2.32 bits per heavy atom. The predicted octanol–water partition coefficient (Wildman–Crippen LogP) is 3.37. The number of nitrogens with one attached hydrogen (secondary N) is 1. The summed E-state index contributed by atoms with van der Waals surface area (Å²) in [5, 5.41) is 11.5. The Kier molecular flexibility index (Phi) is 6.66. The van der Waals surface area contributed by atoms with Crippen LogP contribution in [0.25, 0.3) is 0 Å². The average molecular weight is 340 g/mol. The van der Waals surface area contributed by atoms with Gasteiger partial charge in [0.1, 0.15) is 17.2 Å². The fourth-order valence-electron chi connectivity index (χ4n) is 2.11. The minimum atomic E-state index is -0.320. The number of carbonyl (C=O) groups excluding carboxylic acids is 1. The summed E-state index contributed by atoms with van der Waals surface area (Å²) in [6.45, 7) is 4.62. The molecule has 0 aliphatic rings. The molecule has 6 nitrogen and oxygen atoms in total. The molecule has 0 radical (unpaired) electrons. The van der Waals surface area contributed by atoms with Crippen LogP contribution in [0.2, 0.25) is 0 Å². The first-order valence-corrected chi connectivity index (χ1v) is 7.98. The Labute approximate surface area is 146 Å². The number of hydrogen-bond acceptors (Lipinski definition) is 5. The Morgan fingerprint density at radius 1 is 1.00 bits per heavy atom. The third-order valence-corrected chi connectivity index (χ3v) is 3.19. The van der Waals surface area contributed by atoms with E-state index in [1.807, 2.05) is 19.9 Å². The van der Waals surface area contributed by atoms with E-state index in [2.05, 4.69) is 5.32 Å². The molecule has 130 valence electrons. The normalized spacial score (nSPS) is 9.80. The van der Waals surface area contributed by atoms with Gasteiger partial charge in [-0.2, -0.15) is 5.26 Å². The molecule has 0 spiro atoms. The summed E-state index contributed by atoms with van der Waals surface area (Å²) in [7, 11) is 0. The lowest BCUT2D eigenvalue weighted by Gasteiger charge is -2.14. The van der Waals surface area contributed by atoms with Crippen molar-refractivity contribution in [2.75, 3.05) is 25.1 Å². The van der Waals surface area contributed by atoms with Crippen molar-refractivity contribution in [2.45, 2.75) is 13.8 Å². The Hall–Kier alpha value is -3.20. The summed E-state index contributed by atoms with van der Waals surface area (Å²) in [4.78, 5) is 12.1. The van der Waals surface area contributed by atoms with Crippen molar-refractivity contribution >= 4 is 11.6 Å². The molecule has 25 heavy (non-hydrogen) atoms. The van der Waals surface area contributed by atoms with Crippen LogP contribution in [-0.2, 0) is 4.79 Å². The average Bonchev–Trinajstić information content (AvgIpc) is 2.63. The van der Waals surface area contributed by atoms with E-state index in [9.17, 15) is 4.79 Å². The highest BCUT2D eigenvalue weighted by molar-refractivity contribution is 5.93. The molecule has 1 amide bonds. The minimum Gasteiger partial charge on any atom is -0.494 e. The van der Waals surface area contributed by atoms with Gasteiger partial charge in [0.05, 0.1) is 30.5 Å². The van der Waals surface area contributed by atoms with Gasteiger partial charge >= 0.3 is 0 Å². The van der Waals surface area contributed by atoms with Crippen LogP contribution < -0.4 is 19.5 Å². The fourth-order valence-corrected chi connectivity index (χ4v) is 2.11. The van der Waals surface area contributed by atoms with E-state index in [4.69, 9.17) is 19.5 Å². The molecule has 0 saturated heterocycles. The van der Waals surface area contributed by atoms with Crippen molar-refractivity contribution in [3.8, 4) is 23.3 Å². The molecule has 0 unspecified atom stereocenters. The van der Waals surface area contributed by atoms with Gasteiger partial charge in [-0.1, -0.05) is 0 Å². The topological polar surface area (TPSA) is 80.6 Å². The monoisotopic (exact) mass is 340 g/mol. The number of anilines is 1. The van der Waals surface area contributed by atoms with Crippen molar-refractivity contribution in [3.05, 3.63) is 48.0 Å². The second-order valence-electron chi connectivity index (χ2n) is 5.00. The lowest BCUT2D eigenvalue weighted by Crippen LogP contribution is -2.20. The van der Waals surface area contributed by atoms with Crippen LogP contribution in [0.15, 0.2) is 42.5 Å². The third kappa shape index (κ3) is 5.43. The largest absolute Gasteiger partial charge is 0.494 e. The Balaban J connectivity index is 2.00. The van der Waals surface area contributed by atoms with Crippen LogP contribution in [0.4, 0.5) is 5.69 Å². The standard InChI is InChI=1S/C19H20N2O4/c1-3-23-16-9-10-18(24-4-2)17(11-16)21-19(22)13-25-15-7-5-14(12-20)6-8-15/h5-11H,3-4,13H2,1-2H3,(H,21,22). The fraction of sp³-hybridized carbons (Fsp3) is 0.263. The van der Waals surface area contributed by atoms with Crippen LogP contribution >= 0.6 is 0 Å². The molecule has 0 bridgehead atoms. The summed E-state index contributed by atoms with van der Waals surface area (Å²) < 4.78 is 16.4. The number of amides is 1. The van der Waals surface area contributed by atoms with Gasteiger partial charge in [0, 0.05) is 6.07 Å². The summed E-state index contributed by atoms with van der Waals surface area (Å²) >= 11 is 0. The Morgan fingerprint density at radius 2 is 1.68 bits per heavy atom. The van der Waals surface area contributed by atoms with Gasteiger partial charge < -0.3 is 19.5 Å². The van der Waals surface area contributed by atoms with Crippen LogP contribution in [0.3, 0.4) is 0 Å².